The minimum absolute atomic E-state index is 0.0962. The zero-order valence-electron chi connectivity index (χ0n) is 16.2. The van der Waals surface area contributed by atoms with Crippen LogP contribution in [0.5, 0.6) is 0 Å². The second-order valence-electron chi connectivity index (χ2n) is 6.89. The molecule has 29 heavy (non-hydrogen) atoms. The monoisotopic (exact) mass is 443 g/mol. The quantitative estimate of drug-likeness (QED) is 0.614. The van der Waals surface area contributed by atoms with Gasteiger partial charge in [0, 0.05) is 26.2 Å². The number of piperidine rings is 1. The second kappa shape index (κ2) is 8.13. The minimum atomic E-state index is -3.23. The first-order chi connectivity index (χ1) is 13.6. The second-order valence-corrected chi connectivity index (χ2v) is 9.25. The molecule has 1 aliphatic heterocycles. The van der Waals surface area contributed by atoms with Crippen LogP contribution in [0.25, 0.3) is 0 Å². The number of anilines is 1. The molecule has 2 aromatic heterocycles. The zero-order valence-corrected chi connectivity index (χ0v) is 17.8. The normalized spacial score (nSPS) is 16.0. The van der Waals surface area contributed by atoms with Gasteiger partial charge in [0.2, 0.25) is 10.0 Å². The summed E-state index contributed by atoms with van der Waals surface area (Å²) < 4.78 is 25.9. The molecule has 0 unspecified atom stereocenters. The summed E-state index contributed by atoms with van der Waals surface area (Å²) >= 11 is 6.13. The molecule has 0 aliphatic carbocycles. The number of carbonyl (C=O) groups is 2. The van der Waals surface area contributed by atoms with E-state index >= 15 is 0 Å². The van der Waals surface area contributed by atoms with Crippen molar-refractivity contribution in [2.24, 2.45) is 7.05 Å². The van der Waals surface area contributed by atoms with E-state index < -0.39 is 21.8 Å². The standard InChI is InChI=1S/C16H22ClN7O4S/c1-9-12(17)14(23(2)22-9)16(26)20-11-8-18-21-13(11)15(25)19-10-4-6-24(7-5-10)29(3,27)28/h8,10H,4-7H2,1-3H3,(H,18,21)(H,19,25)(H,20,26). The van der Waals surface area contributed by atoms with Crippen LogP contribution in [0, 0.1) is 6.92 Å². The molecule has 0 aromatic carbocycles. The number of aromatic nitrogens is 4. The van der Waals surface area contributed by atoms with E-state index in [2.05, 4.69) is 25.9 Å². The van der Waals surface area contributed by atoms with Crippen LogP contribution in [0.3, 0.4) is 0 Å². The number of hydrogen-bond donors (Lipinski definition) is 3. The van der Waals surface area contributed by atoms with Crippen LogP contribution in [0.1, 0.15) is 39.5 Å². The summed E-state index contributed by atoms with van der Waals surface area (Å²) in [5.74, 6) is -0.960. The maximum absolute atomic E-state index is 12.6. The van der Waals surface area contributed by atoms with E-state index in [0.717, 1.165) is 0 Å². The lowest BCUT2D eigenvalue weighted by molar-refractivity contribution is 0.0919. The van der Waals surface area contributed by atoms with Crippen molar-refractivity contribution in [2.75, 3.05) is 24.7 Å². The minimum Gasteiger partial charge on any atom is -0.348 e. The molecule has 1 aliphatic rings. The molecule has 3 rings (SSSR count). The van der Waals surface area contributed by atoms with E-state index in [1.165, 1.54) is 21.4 Å². The van der Waals surface area contributed by atoms with Crippen LogP contribution >= 0.6 is 11.6 Å². The highest BCUT2D eigenvalue weighted by molar-refractivity contribution is 7.88. The Balaban J connectivity index is 1.65. The highest BCUT2D eigenvalue weighted by Gasteiger charge is 2.27. The van der Waals surface area contributed by atoms with Gasteiger partial charge in [-0.1, -0.05) is 11.6 Å². The Labute approximate surface area is 172 Å². The van der Waals surface area contributed by atoms with Crippen molar-refractivity contribution < 1.29 is 18.0 Å². The van der Waals surface area contributed by atoms with E-state index in [4.69, 9.17) is 11.6 Å². The number of hydrogen-bond acceptors (Lipinski definition) is 6. The molecule has 0 radical (unpaired) electrons. The first-order valence-electron chi connectivity index (χ1n) is 8.87. The van der Waals surface area contributed by atoms with Crippen molar-refractivity contribution in [3.63, 3.8) is 0 Å². The number of sulfonamides is 1. The van der Waals surface area contributed by atoms with E-state index in [9.17, 15) is 18.0 Å². The Bertz CT molecular complexity index is 1040. The number of amides is 2. The Morgan fingerprint density at radius 2 is 1.93 bits per heavy atom. The van der Waals surface area contributed by atoms with E-state index in [1.54, 1.807) is 14.0 Å². The van der Waals surface area contributed by atoms with E-state index in [0.29, 0.717) is 31.6 Å². The molecule has 2 aromatic rings. The van der Waals surface area contributed by atoms with Gasteiger partial charge in [-0.25, -0.2) is 12.7 Å². The van der Waals surface area contributed by atoms with Crippen LogP contribution in [0.2, 0.25) is 5.02 Å². The van der Waals surface area contributed by atoms with Crippen molar-refractivity contribution in [2.45, 2.75) is 25.8 Å². The topological polar surface area (TPSA) is 142 Å². The van der Waals surface area contributed by atoms with Gasteiger partial charge in [0.15, 0.2) is 0 Å². The summed E-state index contributed by atoms with van der Waals surface area (Å²) in [7, 11) is -1.64. The lowest BCUT2D eigenvalue weighted by Crippen LogP contribution is -2.46. The molecule has 0 atom stereocenters. The van der Waals surface area contributed by atoms with Gasteiger partial charge in [-0.05, 0) is 19.8 Å². The third-order valence-corrected chi connectivity index (χ3v) is 6.49. The van der Waals surface area contributed by atoms with Crippen LogP contribution in [0.15, 0.2) is 6.20 Å². The largest absolute Gasteiger partial charge is 0.348 e. The van der Waals surface area contributed by atoms with Crippen LogP contribution in [0.4, 0.5) is 5.69 Å². The van der Waals surface area contributed by atoms with Crippen LogP contribution in [-0.2, 0) is 17.1 Å². The van der Waals surface area contributed by atoms with Crippen molar-refractivity contribution in [1.29, 1.82) is 0 Å². The number of aromatic amines is 1. The molecule has 1 fully saturated rings. The van der Waals surface area contributed by atoms with Crippen molar-refractivity contribution >= 4 is 39.1 Å². The van der Waals surface area contributed by atoms with Gasteiger partial charge in [0.05, 0.1) is 28.9 Å². The third kappa shape index (κ3) is 4.60. The maximum atomic E-state index is 12.6. The smallest absolute Gasteiger partial charge is 0.275 e. The summed E-state index contributed by atoms with van der Waals surface area (Å²) in [5, 5.41) is 16.2. The van der Waals surface area contributed by atoms with Gasteiger partial charge in [0.25, 0.3) is 11.8 Å². The molecule has 0 saturated carbocycles. The number of carbonyl (C=O) groups excluding carboxylic acids is 2. The summed E-state index contributed by atoms with van der Waals surface area (Å²) in [5.41, 5.74) is 0.990. The molecule has 1 saturated heterocycles. The molecule has 11 nitrogen and oxygen atoms in total. The van der Waals surface area contributed by atoms with Gasteiger partial charge in [-0.15, -0.1) is 0 Å². The number of nitrogens with zero attached hydrogens (tertiary/aromatic N) is 4. The van der Waals surface area contributed by atoms with Gasteiger partial charge < -0.3 is 10.6 Å². The van der Waals surface area contributed by atoms with Crippen molar-refractivity contribution in [3.05, 3.63) is 28.3 Å². The van der Waals surface area contributed by atoms with Crippen LogP contribution in [-0.4, -0.2) is 69.9 Å². The molecule has 3 N–H and O–H groups in total. The number of halogens is 1. The first kappa shape index (κ1) is 21.3. The summed E-state index contributed by atoms with van der Waals surface area (Å²) in [4.78, 5) is 25.2. The number of H-pyrrole nitrogens is 1. The third-order valence-electron chi connectivity index (χ3n) is 4.74. The number of rotatable bonds is 5. The summed E-state index contributed by atoms with van der Waals surface area (Å²) in [6.45, 7) is 2.37. The fourth-order valence-corrected chi connectivity index (χ4v) is 4.32. The average molecular weight is 444 g/mol. The fourth-order valence-electron chi connectivity index (χ4n) is 3.20. The number of nitrogens with one attached hydrogen (secondary N) is 3. The Kier molecular flexibility index (Phi) is 5.96. The number of aryl methyl sites for hydroxylation is 2. The van der Waals surface area contributed by atoms with E-state index in [1.807, 2.05) is 0 Å². The lowest BCUT2D eigenvalue weighted by Gasteiger charge is -2.30. The Morgan fingerprint density at radius 1 is 1.28 bits per heavy atom. The predicted octanol–water partition coefficient (Wildman–Crippen LogP) is 0.511. The molecule has 158 valence electrons. The summed E-state index contributed by atoms with van der Waals surface area (Å²) in [6.07, 6.45) is 3.49. The highest BCUT2D eigenvalue weighted by Crippen LogP contribution is 2.22. The average Bonchev–Trinajstić information content (AvgIpc) is 3.19. The molecule has 0 spiro atoms. The molecule has 0 bridgehead atoms. The molecule has 13 heteroatoms. The predicted molar refractivity (Wildman–Crippen MR) is 106 cm³/mol. The van der Waals surface area contributed by atoms with Crippen molar-refractivity contribution in [1.82, 2.24) is 29.6 Å². The molecule has 3 heterocycles. The summed E-state index contributed by atoms with van der Waals surface area (Å²) in [6, 6.07) is -0.179. The highest BCUT2D eigenvalue weighted by atomic mass is 35.5. The van der Waals surface area contributed by atoms with Crippen LogP contribution < -0.4 is 10.6 Å². The van der Waals surface area contributed by atoms with E-state index in [-0.39, 0.29) is 28.1 Å². The molecular weight excluding hydrogens is 422 g/mol. The van der Waals surface area contributed by atoms with Gasteiger partial charge in [-0.3, -0.25) is 19.4 Å². The maximum Gasteiger partial charge on any atom is 0.275 e. The Morgan fingerprint density at radius 3 is 2.48 bits per heavy atom. The fraction of sp³-hybridized carbons (Fsp3) is 0.500. The zero-order chi connectivity index (χ0) is 21.3. The van der Waals surface area contributed by atoms with Gasteiger partial charge >= 0.3 is 0 Å². The molecule has 2 amide bonds. The van der Waals surface area contributed by atoms with Crippen molar-refractivity contribution in [3.8, 4) is 0 Å². The first-order valence-corrected chi connectivity index (χ1v) is 11.1. The molecular formula is C16H22ClN7O4S. The van der Waals surface area contributed by atoms with Gasteiger partial charge in [0.1, 0.15) is 11.4 Å². The van der Waals surface area contributed by atoms with Gasteiger partial charge in [-0.2, -0.15) is 10.2 Å². The SMILES string of the molecule is Cc1nn(C)c(C(=O)Nc2cn[nH]c2C(=O)NC2CCN(S(C)(=O)=O)CC2)c1Cl. The Hall–Kier alpha value is -2.44. The lowest BCUT2D eigenvalue weighted by atomic mass is 10.1.